The second-order valence-electron chi connectivity index (χ2n) is 7.31. The Morgan fingerprint density at radius 1 is 0.767 bits per heavy atom. The molecule has 154 valence electrons. The summed E-state index contributed by atoms with van der Waals surface area (Å²) in [7, 11) is 0. The van der Waals surface area contributed by atoms with Gasteiger partial charge in [0.2, 0.25) is 5.91 Å². The SMILES string of the molecule is O=C(Nc1ccc(F)cc1)C(c1ccccc1)N1CCN(c2ccc(F)cc2)CC1. The Morgan fingerprint density at radius 2 is 1.33 bits per heavy atom. The number of hydrogen-bond acceptors (Lipinski definition) is 3. The molecule has 1 amide bonds. The lowest BCUT2D eigenvalue weighted by atomic mass is 10.0. The van der Waals surface area contributed by atoms with Crippen molar-refractivity contribution in [1.29, 1.82) is 0 Å². The average Bonchev–Trinajstić information content (AvgIpc) is 2.77. The molecule has 0 bridgehead atoms. The van der Waals surface area contributed by atoms with Crippen molar-refractivity contribution in [2.24, 2.45) is 0 Å². The first kappa shape index (κ1) is 20.0. The summed E-state index contributed by atoms with van der Waals surface area (Å²) >= 11 is 0. The summed E-state index contributed by atoms with van der Waals surface area (Å²) in [6, 6.07) is 21.5. The molecule has 0 saturated carbocycles. The Morgan fingerprint density at radius 3 is 1.93 bits per heavy atom. The van der Waals surface area contributed by atoms with Crippen molar-refractivity contribution in [1.82, 2.24) is 4.90 Å². The molecule has 0 spiro atoms. The Bertz CT molecular complexity index is 970. The fourth-order valence-corrected chi connectivity index (χ4v) is 3.80. The fraction of sp³-hybridized carbons (Fsp3) is 0.208. The number of benzene rings is 3. The molecule has 1 fully saturated rings. The topological polar surface area (TPSA) is 35.6 Å². The fourth-order valence-electron chi connectivity index (χ4n) is 3.80. The minimum atomic E-state index is -0.452. The minimum Gasteiger partial charge on any atom is -0.369 e. The van der Waals surface area contributed by atoms with Gasteiger partial charge in [-0.2, -0.15) is 0 Å². The molecule has 1 atom stereocenters. The van der Waals surface area contributed by atoms with Crippen LogP contribution in [-0.4, -0.2) is 37.0 Å². The highest BCUT2D eigenvalue weighted by Crippen LogP contribution is 2.26. The van der Waals surface area contributed by atoms with Gasteiger partial charge in [-0.3, -0.25) is 9.69 Å². The number of halogens is 2. The molecule has 1 saturated heterocycles. The first-order chi connectivity index (χ1) is 14.6. The first-order valence-corrected chi connectivity index (χ1v) is 9.96. The van der Waals surface area contributed by atoms with Crippen LogP contribution in [-0.2, 0) is 4.79 Å². The molecule has 6 heteroatoms. The number of piperazine rings is 1. The molecule has 0 aromatic heterocycles. The van der Waals surface area contributed by atoms with E-state index in [0.29, 0.717) is 18.8 Å². The Kier molecular flexibility index (Phi) is 6.05. The van der Waals surface area contributed by atoms with Crippen molar-refractivity contribution in [3.63, 3.8) is 0 Å². The summed E-state index contributed by atoms with van der Waals surface area (Å²) in [5, 5.41) is 2.91. The predicted molar refractivity (Wildman–Crippen MR) is 114 cm³/mol. The zero-order chi connectivity index (χ0) is 20.9. The van der Waals surface area contributed by atoms with Crippen molar-refractivity contribution >= 4 is 17.3 Å². The van der Waals surface area contributed by atoms with Gasteiger partial charge in [0.1, 0.15) is 17.7 Å². The Hall–Kier alpha value is -3.25. The van der Waals surface area contributed by atoms with Crippen LogP contribution in [0.1, 0.15) is 11.6 Å². The number of nitrogens with zero attached hydrogens (tertiary/aromatic N) is 2. The van der Waals surface area contributed by atoms with Gasteiger partial charge in [0.25, 0.3) is 0 Å². The van der Waals surface area contributed by atoms with E-state index in [9.17, 15) is 13.6 Å². The van der Waals surface area contributed by atoms with Crippen molar-refractivity contribution in [3.05, 3.63) is 96.1 Å². The van der Waals surface area contributed by atoms with Crippen LogP contribution in [0, 0.1) is 11.6 Å². The van der Waals surface area contributed by atoms with Gasteiger partial charge < -0.3 is 10.2 Å². The van der Waals surface area contributed by atoms with Crippen LogP contribution in [0.4, 0.5) is 20.2 Å². The Labute approximate surface area is 174 Å². The van der Waals surface area contributed by atoms with E-state index in [2.05, 4.69) is 15.1 Å². The molecule has 3 aromatic rings. The molecule has 1 unspecified atom stereocenters. The van der Waals surface area contributed by atoms with E-state index in [-0.39, 0.29) is 17.5 Å². The van der Waals surface area contributed by atoms with Gasteiger partial charge >= 0.3 is 0 Å². The number of anilines is 2. The quantitative estimate of drug-likeness (QED) is 0.678. The van der Waals surface area contributed by atoms with Gasteiger partial charge in [0, 0.05) is 37.6 Å². The molecule has 4 rings (SSSR count). The number of nitrogens with one attached hydrogen (secondary N) is 1. The smallest absolute Gasteiger partial charge is 0.246 e. The number of hydrogen-bond donors (Lipinski definition) is 1. The third kappa shape index (κ3) is 4.66. The third-order valence-corrected chi connectivity index (χ3v) is 5.35. The molecule has 1 aliphatic heterocycles. The van der Waals surface area contributed by atoms with Gasteiger partial charge in [0.15, 0.2) is 0 Å². The number of carbonyl (C=O) groups is 1. The minimum absolute atomic E-state index is 0.150. The lowest BCUT2D eigenvalue weighted by Crippen LogP contribution is -2.50. The maximum absolute atomic E-state index is 13.2. The Balaban J connectivity index is 1.50. The van der Waals surface area contributed by atoms with Crippen molar-refractivity contribution in [2.45, 2.75) is 6.04 Å². The van der Waals surface area contributed by atoms with Gasteiger partial charge in [-0.05, 0) is 54.1 Å². The van der Waals surface area contributed by atoms with Crippen LogP contribution in [0.2, 0.25) is 0 Å². The van der Waals surface area contributed by atoms with E-state index in [4.69, 9.17) is 0 Å². The van der Waals surface area contributed by atoms with Gasteiger partial charge in [0.05, 0.1) is 0 Å². The first-order valence-electron chi connectivity index (χ1n) is 9.96. The van der Waals surface area contributed by atoms with Gasteiger partial charge in [-0.25, -0.2) is 8.78 Å². The van der Waals surface area contributed by atoms with Crippen LogP contribution >= 0.6 is 0 Å². The highest BCUT2D eigenvalue weighted by molar-refractivity contribution is 5.95. The molecule has 1 aliphatic rings. The zero-order valence-electron chi connectivity index (χ0n) is 16.5. The predicted octanol–water partition coefficient (Wildman–Crippen LogP) is 4.47. The van der Waals surface area contributed by atoms with Gasteiger partial charge in [-0.15, -0.1) is 0 Å². The highest BCUT2D eigenvalue weighted by Gasteiger charge is 2.30. The second-order valence-corrected chi connectivity index (χ2v) is 7.31. The van der Waals surface area contributed by atoms with Crippen molar-refractivity contribution < 1.29 is 13.6 Å². The van der Waals surface area contributed by atoms with Crippen LogP contribution < -0.4 is 10.2 Å². The van der Waals surface area contributed by atoms with Crippen molar-refractivity contribution in [2.75, 3.05) is 36.4 Å². The average molecular weight is 407 g/mol. The summed E-state index contributed by atoms with van der Waals surface area (Å²) in [6.07, 6.45) is 0. The highest BCUT2D eigenvalue weighted by atomic mass is 19.1. The number of carbonyl (C=O) groups excluding carboxylic acids is 1. The lowest BCUT2D eigenvalue weighted by Gasteiger charge is -2.39. The van der Waals surface area contributed by atoms with Crippen molar-refractivity contribution in [3.8, 4) is 0 Å². The maximum Gasteiger partial charge on any atom is 0.246 e. The standard InChI is InChI=1S/C24H23F2N3O/c25-19-6-10-21(11-7-19)27-24(30)23(18-4-2-1-3-5-18)29-16-14-28(15-17-29)22-12-8-20(26)9-13-22/h1-13,23H,14-17H2,(H,27,30). The summed E-state index contributed by atoms with van der Waals surface area (Å²) < 4.78 is 26.4. The van der Waals surface area contributed by atoms with Crippen LogP contribution in [0.3, 0.4) is 0 Å². The molecule has 1 N–H and O–H groups in total. The summed E-state index contributed by atoms with van der Waals surface area (Å²) in [6.45, 7) is 2.85. The van der Waals surface area contributed by atoms with Crippen LogP contribution in [0.5, 0.6) is 0 Å². The van der Waals surface area contributed by atoms with E-state index in [1.165, 1.54) is 24.3 Å². The summed E-state index contributed by atoms with van der Waals surface area (Å²) in [5.74, 6) is -0.744. The summed E-state index contributed by atoms with van der Waals surface area (Å²) in [5.41, 5.74) is 2.45. The monoisotopic (exact) mass is 407 g/mol. The molecule has 0 radical (unpaired) electrons. The molecule has 1 heterocycles. The molecule has 0 aliphatic carbocycles. The zero-order valence-corrected chi connectivity index (χ0v) is 16.5. The lowest BCUT2D eigenvalue weighted by molar-refractivity contribution is -0.121. The third-order valence-electron chi connectivity index (χ3n) is 5.35. The molecular formula is C24H23F2N3O. The van der Waals surface area contributed by atoms with Crippen LogP contribution in [0.15, 0.2) is 78.9 Å². The normalized spacial score (nSPS) is 15.6. The summed E-state index contributed by atoms with van der Waals surface area (Å²) in [4.78, 5) is 17.5. The number of amides is 1. The van der Waals surface area contributed by atoms with Crippen LogP contribution in [0.25, 0.3) is 0 Å². The van der Waals surface area contributed by atoms with E-state index >= 15 is 0 Å². The van der Waals surface area contributed by atoms with E-state index in [1.807, 2.05) is 30.3 Å². The largest absolute Gasteiger partial charge is 0.369 e. The number of rotatable bonds is 5. The van der Waals surface area contributed by atoms with E-state index in [0.717, 1.165) is 24.3 Å². The molecular weight excluding hydrogens is 384 g/mol. The van der Waals surface area contributed by atoms with E-state index < -0.39 is 6.04 Å². The van der Waals surface area contributed by atoms with E-state index in [1.54, 1.807) is 24.3 Å². The van der Waals surface area contributed by atoms with Gasteiger partial charge in [-0.1, -0.05) is 30.3 Å². The second kappa shape index (κ2) is 9.05. The molecule has 30 heavy (non-hydrogen) atoms. The maximum atomic E-state index is 13.2. The molecule has 4 nitrogen and oxygen atoms in total. The molecule has 3 aromatic carbocycles.